The maximum atomic E-state index is 13.3. The predicted octanol–water partition coefficient (Wildman–Crippen LogP) is 7.58. The van der Waals surface area contributed by atoms with Crippen LogP contribution in [0.3, 0.4) is 0 Å². The summed E-state index contributed by atoms with van der Waals surface area (Å²) in [5, 5.41) is 3.36. The lowest BCUT2D eigenvalue weighted by atomic mass is 9.68. The number of sulfonamides is 1. The van der Waals surface area contributed by atoms with Gasteiger partial charge in [0.25, 0.3) is 5.91 Å². The summed E-state index contributed by atoms with van der Waals surface area (Å²) < 4.78 is 35.0. The van der Waals surface area contributed by atoms with Crippen LogP contribution in [-0.2, 0) is 26.7 Å². The Hall–Kier alpha value is -2.19. The average Bonchev–Trinajstić information content (AvgIpc) is 3.30. The molecule has 1 saturated carbocycles. The fourth-order valence-electron chi connectivity index (χ4n) is 9.08. The van der Waals surface area contributed by atoms with Crippen LogP contribution >= 0.6 is 34.2 Å². The first-order valence-electron chi connectivity index (χ1n) is 19.4. The smallest absolute Gasteiger partial charge is 0.264 e. The first-order chi connectivity index (χ1) is 25.5. The molecule has 2 saturated heterocycles. The quantitative estimate of drug-likeness (QED) is 0.206. The molecule has 1 spiro atoms. The van der Waals surface area contributed by atoms with Crippen molar-refractivity contribution in [3.05, 3.63) is 70.3 Å². The van der Waals surface area contributed by atoms with Crippen LogP contribution < -0.4 is 19.7 Å². The van der Waals surface area contributed by atoms with E-state index < -0.39 is 21.2 Å². The summed E-state index contributed by atoms with van der Waals surface area (Å²) in [5.41, 5.74) is 3.22. The van der Waals surface area contributed by atoms with Gasteiger partial charge in [-0.15, -0.1) is 0 Å². The number of ketones is 1. The molecule has 2 bridgehead atoms. The Bertz CT molecular complexity index is 1750. The highest BCUT2D eigenvalue weighted by Crippen LogP contribution is 2.46. The van der Waals surface area contributed by atoms with E-state index in [1.165, 1.54) is 56.6 Å². The van der Waals surface area contributed by atoms with Gasteiger partial charge in [0.2, 0.25) is 10.0 Å². The molecule has 12 heteroatoms. The molecule has 4 heterocycles. The summed E-state index contributed by atoms with van der Waals surface area (Å²) in [7, 11) is -3.93. The van der Waals surface area contributed by atoms with E-state index in [1.807, 2.05) is 17.9 Å². The van der Waals surface area contributed by atoms with Gasteiger partial charge in [0.1, 0.15) is 5.75 Å². The Balaban J connectivity index is 0.000000368. The normalized spacial score (nSPS) is 31.0. The summed E-state index contributed by atoms with van der Waals surface area (Å²) in [6.45, 7) is 10.3. The monoisotopic (exact) mass is 894 g/mol. The lowest BCUT2D eigenvalue weighted by Crippen LogP contribution is -2.53. The molecule has 298 valence electrons. The number of halogens is 2. The number of carbonyl (C=O) groups is 2. The number of anilines is 1. The zero-order valence-corrected chi connectivity index (χ0v) is 35.1. The van der Waals surface area contributed by atoms with E-state index in [2.05, 4.69) is 54.6 Å². The van der Waals surface area contributed by atoms with Gasteiger partial charge in [-0.3, -0.25) is 14.5 Å². The standard InChI is InChI=1S/C32H37ClN2O5S.C8H16N2.CH3I.CH4/c1-20-5-3-7-29(36)26-11-8-24(26)17-35-18-32(14-4-6-22-15-25(33)10-12-27(22)32)19-40-30-13-9-23(16-28(30)35)31(37)34-41(38,39)21(20)2;1-2-5-10-6-4-9-7-8(10)3-1;1-2;/h3,7,9-10,12-13,15-16,20-21,24,26H,4-6,8,11,14,17-19H2,1-2H3,(H,34,37);8-9H,1-7H2;1H3;1H4/b7-3+;;;/t20-,21+,24-,26+,32-;8-;;/m00../s1. The topological polar surface area (TPSA) is 108 Å². The summed E-state index contributed by atoms with van der Waals surface area (Å²) in [5.74, 6) is -0.0319. The van der Waals surface area contributed by atoms with Crippen LogP contribution in [0.4, 0.5) is 5.69 Å². The van der Waals surface area contributed by atoms with Crippen LogP contribution in [0.2, 0.25) is 5.02 Å². The molecule has 2 aromatic rings. The molecule has 54 heavy (non-hydrogen) atoms. The van der Waals surface area contributed by atoms with Gasteiger partial charge in [0, 0.05) is 60.7 Å². The van der Waals surface area contributed by atoms with E-state index in [4.69, 9.17) is 16.3 Å². The highest BCUT2D eigenvalue weighted by atomic mass is 127. The number of piperazine rings is 1. The van der Waals surface area contributed by atoms with Crippen molar-refractivity contribution >= 4 is 61.6 Å². The van der Waals surface area contributed by atoms with E-state index in [9.17, 15) is 18.0 Å². The third-order valence-corrected chi connectivity index (χ3v) is 14.7. The van der Waals surface area contributed by atoms with Crippen molar-refractivity contribution in [2.45, 2.75) is 95.8 Å². The average molecular weight is 895 g/mol. The first-order valence-corrected chi connectivity index (χ1v) is 23.5. The number of allylic oxidation sites excluding steroid dienone is 2. The molecule has 0 unspecified atom stereocenters. The summed E-state index contributed by atoms with van der Waals surface area (Å²) >= 11 is 8.52. The third kappa shape index (κ3) is 9.49. The van der Waals surface area contributed by atoms with Crippen LogP contribution in [0, 0.1) is 17.8 Å². The second-order valence-electron chi connectivity index (χ2n) is 15.8. The molecule has 2 aliphatic carbocycles. The fourth-order valence-corrected chi connectivity index (χ4v) is 10.6. The largest absolute Gasteiger partial charge is 0.490 e. The molecule has 0 radical (unpaired) electrons. The molecule has 6 atom stereocenters. The van der Waals surface area contributed by atoms with E-state index >= 15 is 0 Å². The Morgan fingerprint density at radius 3 is 2.57 bits per heavy atom. The number of ether oxygens (including phenoxy) is 1. The van der Waals surface area contributed by atoms with Crippen molar-refractivity contribution in [3.8, 4) is 5.75 Å². The van der Waals surface area contributed by atoms with Crippen LogP contribution in [-0.4, -0.2) is 87.1 Å². The number of aryl methyl sites for hydroxylation is 1. The summed E-state index contributed by atoms with van der Waals surface area (Å²) in [4.78, 5) is 33.4. The van der Waals surface area contributed by atoms with Gasteiger partial charge in [-0.05, 0) is 129 Å². The fraction of sp³-hybridized carbons (Fsp3) is 0.619. The molecular formula is C42H60ClIN4O5S. The molecule has 6 aliphatic rings. The van der Waals surface area contributed by atoms with Gasteiger partial charge in [-0.1, -0.05) is 67.1 Å². The van der Waals surface area contributed by atoms with Crippen LogP contribution in [0.15, 0.2) is 48.6 Å². The van der Waals surface area contributed by atoms with Crippen molar-refractivity contribution in [3.63, 3.8) is 0 Å². The number of carbonyl (C=O) groups excluding carboxylic acids is 2. The zero-order chi connectivity index (χ0) is 37.8. The predicted molar refractivity (Wildman–Crippen MR) is 229 cm³/mol. The number of nitrogens with zero attached hydrogens (tertiary/aromatic N) is 2. The molecule has 3 fully saturated rings. The molecular weight excluding hydrogens is 835 g/mol. The lowest BCUT2D eigenvalue weighted by molar-refractivity contribution is -0.122. The van der Waals surface area contributed by atoms with E-state index in [1.54, 1.807) is 37.3 Å². The maximum absolute atomic E-state index is 13.3. The zero-order valence-electron chi connectivity index (χ0n) is 31.4. The molecule has 2 N–H and O–H groups in total. The van der Waals surface area contributed by atoms with Crippen LogP contribution in [0.25, 0.3) is 0 Å². The van der Waals surface area contributed by atoms with Crippen LogP contribution in [0.1, 0.15) is 94.1 Å². The van der Waals surface area contributed by atoms with Crippen LogP contribution in [0.5, 0.6) is 5.75 Å². The Kier molecular flexibility index (Phi) is 15.0. The van der Waals surface area contributed by atoms with E-state index in [-0.39, 0.29) is 41.9 Å². The number of benzene rings is 2. The van der Waals surface area contributed by atoms with Gasteiger partial charge >= 0.3 is 0 Å². The molecule has 4 aliphatic heterocycles. The minimum atomic E-state index is -3.93. The molecule has 2 aromatic carbocycles. The molecule has 1 amide bonds. The molecule has 0 aromatic heterocycles. The lowest BCUT2D eigenvalue weighted by Gasteiger charge is -2.44. The van der Waals surface area contributed by atoms with E-state index in [0.29, 0.717) is 31.9 Å². The van der Waals surface area contributed by atoms with Gasteiger partial charge in [0.15, 0.2) is 5.78 Å². The SMILES string of the molecule is C.C1CCN2CCNC[C@@H]2C1.CI.C[C@@H]1[C@@H](C)C/C=C/C(=O)[C@@H]2CC[C@H]2CN2C[C@@]3(CCCc4cc(Cl)ccc43)COc3ccc(cc32)C(=O)NS1(=O)=O. The van der Waals surface area contributed by atoms with Gasteiger partial charge in [0.05, 0.1) is 17.5 Å². The molecule has 9 nitrogen and oxygen atoms in total. The second-order valence-corrected chi connectivity index (χ2v) is 18.3. The highest BCUT2D eigenvalue weighted by molar-refractivity contribution is 14.1. The number of hydrogen-bond donors (Lipinski definition) is 2. The first kappa shape index (κ1) is 42.9. The van der Waals surface area contributed by atoms with E-state index in [0.717, 1.165) is 48.9 Å². The number of hydrogen-bond acceptors (Lipinski definition) is 8. The number of nitrogens with one attached hydrogen (secondary N) is 2. The van der Waals surface area contributed by atoms with Crippen molar-refractivity contribution in [1.82, 2.24) is 14.9 Å². The maximum Gasteiger partial charge on any atom is 0.264 e. The van der Waals surface area contributed by atoms with Gasteiger partial charge in [-0.25, -0.2) is 13.1 Å². The number of fused-ring (bicyclic) bond motifs is 5. The number of amides is 1. The number of rotatable bonds is 0. The number of piperidine rings is 1. The Labute approximate surface area is 342 Å². The number of alkyl halides is 1. The third-order valence-electron chi connectivity index (χ3n) is 12.6. The Morgan fingerprint density at radius 1 is 1.00 bits per heavy atom. The van der Waals surface area contributed by atoms with Crippen molar-refractivity contribution < 1.29 is 22.7 Å². The van der Waals surface area contributed by atoms with Crippen molar-refractivity contribution in [1.29, 1.82) is 0 Å². The second kappa shape index (κ2) is 18.8. The van der Waals surface area contributed by atoms with Crippen molar-refractivity contribution in [2.24, 2.45) is 17.8 Å². The van der Waals surface area contributed by atoms with Gasteiger partial charge < -0.3 is 15.0 Å². The van der Waals surface area contributed by atoms with Crippen molar-refractivity contribution in [2.75, 3.05) is 55.7 Å². The van der Waals surface area contributed by atoms with Gasteiger partial charge in [-0.2, -0.15) is 0 Å². The Morgan fingerprint density at radius 2 is 1.81 bits per heavy atom. The summed E-state index contributed by atoms with van der Waals surface area (Å²) in [6, 6.07) is 12.2. The minimum Gasteiger partial charge on any atom is -0.490 e. The highest BCUT2D eigenvalue weighted by Gasteiger charge is 2.44. The minimum absolute atomic E-state index is 0. The molecule has 8 rings (SSSR count). The summed E-state index contributed by atoms with van der Waals surface area (Å²) in [6.07, 6.45) is 12.9.